The van der Waals surface area contributed by atoms with E-state index >= 15 is 0 Å². The van der Waals surface area contributed by atoms with Gasteiger partial charge in [-0.15, -0.1) is 0 Å². The van der Waals surface area contributed by atoms with Gasteiger partial charge < -0.3 is 5.11 Å². The number of rotatable bonds is 2. The molecule has 23 heavy (non-hydrogen) atoms. The van der Waals surface area contributed by atoms with Crippen LogP contribution in [0.4, 0.5) is 5.69 Å². The fraction of sp³-hybridized carbons (Fsp3) is 0. The van der Waals surface area contributed by atoms with Crippen molar-refractivity contribution in [2.75, 3.05) is 4.90 Å². The average molecular weight is 427 g/mol. The minimum Gasteiger partial charge on any atom is -0.507 e. The molecule has 0 aliphatic carbocycles. The molecule has 0 radical (unpaired) electrons. The van der Waals surface area contributed by atoms with Crippen LogP contribution < -0.4 is 4.90 Å². The highest BCUT2D eigenvalue weighted by atomic mass is 79.9. The van der Waals surface area contributed by atoms with Crippen LogP contribution in [0.15, 0.2) is 51.8 Å². The molecule has 1 fully saturated rings. The van der Waals surface area contributed by atoms with E-state index in [1.165, 1.54) is 16.7 Å². The molecule has 1 aliphatic rings. The zero-order chi connectivity index (χ0) is 16.6. The highest BCUT2D eigenvalue weighted by molar-refractivity contribution is 9.10. The van der Waals surface area contributed by atoms with Gasteiger partial charge >= 0.3 is 0 Å². The topological polar surface area (TPSA) is 40.5 Å². The molecule has 0 bridgehead atoms. The second-order valence-electron chi connectivity index (χ2n) is 4.70. The number of phenols is 1. The van der Waals surface area contributed by atoms with E-state index in [1.807, 2.05) is 0 Å². The van der Waals surface area contributed by atoms with E-state index in [0.717, 1.165) is 5.56 Å². The first kappa shape index (κ1) is 16.5. The summed E-state index contributed by atoms with van der Waals surface area (Å²) in [5, 5.41) is 10.1. The lowest BCUT2D eigenvalue weighted by atomic mass is 10.2. The van der Waals surface area contributed by atoms with Crippen molar-refractivity contribution in [2.45, 2.75) is 0 Å². The van der Waals surface area contributed by atoms with Crippen LogP contribution in [0.1, 0.15) is 5.56 Å². The molecule has 116 valence electrons. The molecule has 0 atom stereocenters. The van der Waals surface area contributed by atoms with E-state index in [4.69, 9.17) is 23.8 Å². The van der Waals surface area contributed by atoms with Gasteiger partial charge in [-0.2, -0.15) is 0 Å². The normalized spacial score (nSPS) is 16.4. The summed E-state index contributed by atoms with van der Waals surface area (Å²) in [7, 11) is 0. The first-order valence-corrected chi connectivity index (χ1v) is 8.87. The number of thioether (sulfide) groups is 1. The van der Waals surface area contributed by atoms with Crippen molar-refractivity contribution in [3.05, 3.63) is 62.4 Å². The van der Waals surface area contributed by atoms with Gasteiger partial charge in [-0.25, -0.2) is 0 Å². The largest absolute Gasteiger partial charge is 0.507 e. The number of aromatic hydroxyl groups is 1. The Morgan fingerprint density at radius 1 is 1.22 bits per heavy atom. The third kappa shape index (κ3) is 3.45. The van der Waals surface area contributed by atoms with Crippen molar-refractivity contribution < 1.29 is 9.90 Å². The van der Waals surface area contributed by atoms with Crippen LogP contribution in [0.2, 0.25) is 5.02 Å². The molecule has 0 aromatic heterocycles. The van der Waals surface area contributed by atoms with Gasteiger partial charge in [0.15, 0.2) is 4.32 Å². The molecule has 7 heteroatoms. The Bertz CT molecular complexity index is 836. The van der Waals surface area contributed by atoms with Crippen LogP contribution in [0.5, 0.6) is 5.75 Å². The van der Waals surface area contributed by atoms with Crippen LogP contribution in [0.25, 0.3) is 6.08 Å². The van der Waals surface area contributed by atoms with Gasteiger partial charge in [0.2, 0.25) is 0 Å². The number of nitrogens with zero attached hydrogens (tertiary/aromatic N) is 1. The first-order valence-electron chi connectivity index (χ1n) is 6.48. The molecule has 3 rings (SSSR count). The van der Waals surface area contributed by atoms with Crippen molar-refractivity contribution in [3.8, 4) is 5.75 Å². The van der Waals surface area contributed by atoms with Crippen molar-refractivity contribution in [3.63, 3.8) is 0 Å². The number of phenolic OH excluding ortho intramolecular Hbond substituents is 1. The van der Waals surface area contributed by atoms with E-state index in [2.05, 4.69) is 15.9 Å². The molecule has 1 amide bonds. The molecular formula is C16H9BrClNO2S2. The molecule has 1 aliphatic heterocycles. The predicted molar refractivity (Wildman–Crippen MR) is 103 cm³/mol. The van der Waals surface area contributed by atoms with Crippen molar-refractivity contribution in [2.24, 2.45) is 0 Å². The lowest BCUT2D eigenvalue weighted by Gasteiger charge is -2.14. The predicted octanol–water partition coefficient (Wildman–Crippen LogP) is 5.21. The summed E-state index contributed by atoms with van der Waals surface area (Å²) in [6.07, 6.45) is 1.75. The van der Waals surface area contributed by atoms with E-state index < -0.39 is 0 Å². The number of amides is 1. The molecule has 0 saturated carbocycles. The summed E-state index contributed by atoms with van der Waals surface area (Å²) in [5.41, 5.74) is 1.48. The zero-order valence-corrected chi connectivity index (χ0v) is 15.5. The Hall–Kier alpha value is -1.34. The maximum absolute atomic E-state index is 12.6. The first-order chi connectivity index (χ1) is 11.0. The molecule has 2 aromatic rings. The smallest absolute Gasteiger partial charge is 0.270 e. The fourth-order valence-corrected chi connectivity index (χ4v) is 3.87. The van der Waals surface area contributed by atoms with Crippen molar-refractivity contribution >= 4 is 73.5 Å². The summed E-state index contributed by atoms with van der Waals surface area (Å²) in [5.74, 6) is -0.0256. The van der Waals surface area contributed by atoms with E-state index in [0.29, 0.717) is 24.4 Å². The zero-order valence-electron chi connectivity index (χ0n) is 11.5. The number of carbonyl (C=O) groups excluding carboxylic acids is 1. The highest BCUT2D eigenvalue weighted by Gasteiger charge is 2.33. The van der Waals surface area contributed by atoms with Crippen LogP contribution >= 0.6 is 51.5 Å². The van der Waals surface area contributed by atoms with Gasteiger partial charge in [-0.05, 0) is 64.0 Å². The molecule has 1 saturated heterocycles. The summed E-state index contributed by atoms with van der Waals surface area (Å²) in [6.45, 7) is 0. The van der Waals surface area contributed by atoms with Gasteiger partial charge in [-0.3, -0.25) is 9.69 Å². The van der Waals surface area contributed by atoms with E-state index in [9.17, 15) is 9.90 Å². The number of benzene rings is 2. The Kier molecular flexibility index (Phi) is 4.77. The van der Waals surface area contributed by atoms with Crippen LogP contribution in [-0.2, 0) is 4.79 Å². The lowest BCUT2D eigenvalue weighted by Crippen LogP contribution is -2.27. The highest BCUT2D eigenvalue weighted by Crippen LogP contribution is 2.37. The van der Waals surface area contributed by atoms with Gasteiger partial charge in [0, 0.05) is 5.02 Å². The average Bonchev–Trinajstić information content (AvgIpc) is 2.79. The second kappa shape index (κ2) is 6.65. The number of carbonyl (C=O) groups is 1. The summed E-state index contributed by atoms with van der Waals surface area (Å²) in [6, 6.07) is 12.0. The van der Waals surface area contributed by atoms with Crippen LogP contribution in [0.3, 0.4) is 0 Å². The fourth-order valence-electron chi connectivity index (χ4n) is 2.04. The third-order valence-electron chi connectivity index (χ3n) is 3.15. The Balaban J connectivity index is 1.92. The van der Waals surface area contributed by atoms with E-state index in [1.54, 1.807) is 48.5 Å². The molecular weight excluding hydrogens is 418 g/mol. The number of halogens is 2. The Labute approximate surface area is 156 Å². The Morgan fingerprint density at radius 2 is 1.91 bits per heavy atom. The molecule has 1 heterocycles. The number of hydrogen-bond acceptors (Lipinski definition) is 4. The van der Waals surface area contributed by atoms with Crippen molar-refractivity contribution in [1.82, 2.24) is 0 Å². The molecule has 1 N–H and O–H groups in total. The molecule has 0 spiro atoms. The van der Waals surface area contributed by atoms with Gasteiger partial charge in [0.05, 0.1) is 15.1 Å². The maximum Gasteiger partial charge on any atom is 0.270 e. The Morgan fingerprint density at radius 3 is 2.57 bits per heavy atom. The number of hydrogen-bond donors (Lipinski definition) is 1. The van der Waals surface area contributed by atoms with Crippen molar-refractivity contribution in [1.29, 1.82) is 0 Å². The monoisotopic (exact) mass is 425 g/mol. The van der Waals surface area contributed by atoms with E-state index in [-0.39, 0.29) is 11.7 Å². The molecule has 0 unspecified atom stereocenters. The summed E-state index contributed by atoms with van der Waals surface area (Å²) in [4.78, 5) is 14.6. The third-order valence-corrected chi connectivity index (χ3v) is 5.34. The molecule has 3 nitrogen and oxygen atoms in total. The standard InChI is InChI=1S/C16H9BrClNO2S2/c17-12-7-9(1-6-13(12)20)8-14-15(21)19(16(22)23-14)11-4-2-10(18)3-5-11/h1-8,20H/b14-8-. The minimum absolute atomic E-state index is 0.149. The SMILES string of the molecule is O=C1/C(=C/c2ccc(O)c(Br)c2)SC(=S)N1c1ccc(Cl)cc1. The van der Waals surface area contributed by atoms with Gasteiger partial charge in [-0.1, -0.05) is 41.6 Å². The number of thiocarbonyl (C=S) groups is 1. The lowest BCUT2D eigenvalue weighted by molar-refractivity contribution is -0.113. The number of anilines is 1. The van der Waals surface area contributed by atoms with Crippen LogP contribution in [0, 0.1) is 0 Å². The summed E-state index contributed by atoms with van der Waals surface area (Å²) < 4.78 is 1.04. The van der Waals surface area contributed by atoms with Crippen LogP contribution in [-0.4, -0.2) is 15.3 Å². The minimum atomic E-state index is -0.175. The quantitative estimate of drug-likeness (QED) is 0.528. The maximum atomic E-state index is 12.6. The second-order valence-corrected chi connectivity index (χ2v) is 7.67. The molecule has 2 aromatic carbocycles. The van der Waals surface area contributed by atoms with Gasteiger partial charge in [0.25, 0.3) is 5.91 Å². The van der Waals surface area contributed by atoms with Gasteiger partial charge in [0.1, 0.15) is 5.75 Å². The summed E-state index contributed by atoms with van der Waals surface area (Å²) >= 11 is 15.7.